The van der Waals surface area contributed by atoms with Gasteiger partial charge in [-0.25, -0.2) is 12.7 Å². The van der Waals surface area contributed by atoms with Crippen molar-refractivity contribution in [3.8, 4) is 0 Å². The van der Waals surface area contributed by atoms with E-state index in [4.69, 9.17) is 0 Å². The topological polar surface area (TPSA) is 86.8 Å². The van der Waals surface area contributed by atoms with Crippen LogP contribution in [0.25, 0.3) is 0 Å². The zero-order valence-electron chi connectivity index (χ0n) is 19.2. The normalized spacial score (nSPS) is 12.4. The van der Waals surface area contributed by atoms with Gasteiger partial charge in [-0.1, -0.05) is 55.0 Å². The molecule has 0 aliphatic heterocycles. The molecule has 2 amide bonds. The number of likely N-dealkylation sites (N-methyl/N-ethyl adjacent to an activating group) is 1. The lowest BCUT2D eigenvalue weighted by Crippen LogP contribution is -2.48. The predicted molar refractivity (Wildman–Crippen MR) is 125 cm³/mol. The highest BCUT2D eigenvalue weighted by atomic mass is 32.2. The largest absolute Gasteiger partial charge is 0.357 e. The number of amides is 2. The maximum absolute atomic E-state index is 13.1. The van der Waals surface area contributed by atoms with E-state index in [1.54, 1.807) is 42.3 Å². The molecule has 0 aromatic heterocycles. The van der Waals surface area contributed by atoms with Gasteiger partial charge in [-0.05, 0) is 37.5 Å². The van der Waals surface area contributed by atoms with Gasteiger partial charge in [0.1, 0.15) is 6.04 Å². The average Bonchev–Trinajstić information content (AvgIpc) is 2.80. The summed E-state index contributed by atoms with van der Waals surface area (Å²) in [4.78, 5) is 27.3. The van der Waals surface area contributed by atoms with E-state index < -0.39 is 16.1 Å². The van der Waals surface area contributed by atoms with E-state index in [1.807, 2.05) is 38.1 Å². The average molecular weight is 460 g/mol. The van der Waals surface area contributed by atoms with Gasteiger partial charge in [0.25, 0.3) is 0 Å². The van der Waals surface area contributed by atoms with Gasteiger partial charge in [0.2, 0.25) is 21.8 Å². The van der Waals surface area contributed by atoms with Crippen LogP contribution in [0.2, 0.25) is 0 Å². The first kappa shape index (κ1) is 25.5. The van der Waals surface area contributed by atoms with Crippen molar-refractivity contribution in [1.82, 2.24) is 14.5 Å². The van der Waals surface area contributed by atoms with Crippen LogP contribution in [-0.2, 0) is 26.2 Å². The smallest absolute Gasteiger partial charge is 0.242 e. The summed E-state index contributed by atoms with van der Waals surface area (Å²) in [5, 5.41) is 2.64. The Morgan fingerprint density at radius 1 is 1.03 bits per heavy atom. The molecule has 0 spiro atoms. The number of rotatable bonds is 11. The molecule has 2 aromatic rings. The summed E-state index contributed by atoms with van der Waals surface area (Å²) < 4.78 is 26.6. The Hall–Kier alpha value is -2.71. The molecular formula is C24H33N3O4S. The fourth-order valence-corrected chi connectivity index (χ4v) is 4.70. The van der Waals surface area contributed by atoms with Gasteiger partial charge < -0.3 is 10.2 Å². The number of carbonyl (C=O) groups excluding carboxylic acids is 2. The molecule has 174 valence electrons. The molecule has 0 fully saturated rings. The van der Waals surface area contributed by atoms with Crippen molar-refractivity contribution in [3.05, 3.63) is 65.7 Å². The van der Waals surface area contributed by atoms with Crippen molar-refractivity contribution in [2.24, 2.45) is 0 Å². The third kappa shape index (κ3) is 6.64. The van der Waals surface area contributed by atoms with Crippen molar-refractivity contribution in [2.75, 3.05) is 20.6 Å². The minimum Gasteiger partial charge on any atom is -0.357 e. The molecule has 0 aliphatic carbocycles. The van der Waals surface area contributed by atoms with Crippen LogP contribution < -0.4 is 5.32 Å². The summed E-state index contributed by atoms with van der Waals surface area (Å²) in [6, 6.07) is 15.5. The Morgan fingerprint density at radius 3 is 2.22 bits per heavy atom. The standard InChI is InChI=1S/C24H33N3O4S/c1-5-22(24(29)25-3)27(18-20-15-13-19(2)14-16-20)23(28)12-9-17-26(4)32(30,31)21-10-7-6-8-11-21/h6-8,10-11,13-16,22H,5,9,12,17-18H2,1-4H3,(H,25,29). The molecular weight excluding hydrogens is 426 g/mol. The summed E-state index contributed by atoms with van der Waals surface area (Å²) in [7, 11) is -0.535. The molecule has 0 heterocycles. The van der Waals surface area contributed by atoms with E-state index in [-0.39, 0.29) is 29.7 Å². The highest BCUT2D eigenvalue weighted by Crippen LogP contribution is 2.17. The third-order valence-electron chi connectivity index (χ3n) is 5.42. The molecule has 2 aromatic carbocycles. The summed E-state index contributed by atoms with van der Waals surface area (Å²) >= 11 is 0. The predicted octanol–water partition coefficient (Wildman–Crippen LogP) is 2.95. The summed E-state index contributed by atoms with van der Waals surface area (Å²) in [6.45, 7) is 4.39. The van der Waals surface area contributed by atoms with Crippen LogP contribution in [-0.4, -0.2) is 56.1 Å². The first-order chi connectivity index (χ1) is 15.2. The Labute approximate surface area is 191 Å². The molecule has 7 nitrogen and oxygen atoms in total. The Morgan fingerprint density at radius 2 is 1.66 bits per heavy atom. The Balaban J connectivity index is 2.08. The lowest BCUT2D eigenvalue weighted by Gasteiger charge is -2.30. The van der Waals surface area contributed by atoms with E-state index in [2.05, 4.69) is 5.32 Å². The summed E-state index contributed by atoms with van der Waals surface area (Å²) in [5.74, 6) is -0.386. The molecule has 1 N–H and O–H groups in total. The fraction of sp³-hybridized carbons (Fsp3) is 0.417. The van der Waals surface area contributed by atoms with E-state index in [0.717, 1.165) is 11.1 Å². The zero-order chi connectivity index (χ0) is 23.7. The number of nitrogens with one attached hydrogen (secondary N) is 1. The molecule has 0 bridgehead atoms. The van der Waals surface area contributed by atoms with Crippen LogP contribution in [0.3, 0.4) is 0 Å². The molecule has 0 saturated heterocycles. The van der Waals surface area contributed by atoms with Crippen molar-refractivity contribution in [3.63, 3.8) is 0 Å². The number of hydrogen-bond donors (Lipinski definition) is 1. The van der Waals surface area contributed by atoms with Crippen molar-refractivity contribution in [1.29, 1.82) is 0 Å². The number of nitrogens with zero attached hydrogens (tertiary/aromatic N) is 2. The highest BCUT2D eigenvalue weighted by Gasteiger charge is 2.28. The van der Waals surface area contributed by atoms with Crippen LogP contribution in [0.15, 0.2) is 59.5 Å². The van der Waals surface area contributed by atoms with Crippen molar-refractivity contribution >= 4 is 21.8 Å². The van der Waals surface area contributed by atoms with Gasteiger partial charge in [-0.15, -0.1) is 0 Å². The number of sulfonamides is 1. The lowest BCUT2D eigenvalue weighted by atomic mass is 10.1. The Kier molecular flexibility index (Phi) is 9.41. The summed E-state index contributed by atoms with van der Waals surface area (Å²) in [5.41, 5.74) is 2.06. The lowest BCUT2D eigenvalue weighted by molar-refractivity contribution is -0.141. The van der Waals surface area contributed by atoms with E-state index in [9.17, 15) is 18.0 Å². The van der Waals surface area contributed by atoms with Gasteiger partial charge in [-0.2, -0.15) is 0 Å². The second-order valence-electron chi connectivity index (χ2n) is 7.79. The highest BCUT2D eigenvalue weighted by molar-refractivity contribution is 7.89. The second kappa shape index (κ2) is 11.8. The quantitative estimate of drug-likeness (QED) is 0.560. The second-order valence-corrected chi connectivity index (χ2v) is 9.83. The molecule has 2 rings (SSSR count). The van der Waals surface area contributed by atoms with Gasteiger partial charge in [-0.3, -0.25) is 9.59 Å². The fourth-order valence-electron chi connectivity index (χ4n) is 3.47. The van der Waals surface area contributed by atoms with Gasteiger partial charge in [0.15, 0.2) is 0 Å². The molecule has 8 heteroatoms. The first-order valence-corrected chi connectivity index (χ1v) is 12.2. The van der Waals surface area contributed by atoms with Gasteiger partial charge in [0.05, 0.1) is 4.90 Å². The van der Waals surface area contributed by atoms with Crippen LogP contribution in [0, 0.1) is 6.92 Å². The number of aryl methyl sites for hydroxylation is 1. The van der Waals surface area contributed by atoms with E-state index >= 15 is 0 Å². The third-order valence-corrected chi connectivity index (χ3v) is 7.29. The van der Waals surface area contributed by atoms with E-state index in [1.165, 1.54) is 11.4 Å². The molecule has 32 heavy (non-hydrogen) atoms. The first-order valence-electron chi connectivity index (χ1n) is 10.8. The monoisotopic (exact) mass is 459 g/mol. The van der Waals surface area contributed by atoms with Crippen LogP contribution >= 0.6 is 0 Å². The molecule has 0 aliphatic rings. The number of carbonyl (C=O) groups is 2. The molecule has 0 radical (unpaired) electrons. The van der Waals surface area contributed by atoms with Crippen LogP contribution in [0.5, 0.6) is 0 Å². The number of hydrogen-bond acceptors (Lipinski definition) is 4. The SMILES string of the molecule is CCC(C(=O)NC)N(Cc1ccc(C)cc1)C(=O)CCCN(C)S(=O)(=O)c1ccccc1. The van der Waals surface area contributed by atoms with Crippen molar-refractivity contribution < 1.29 is 18.0 Å². The van der Waals surface area contributed by atoms with E-state index in [0.29, 0.717) is 19.4 Å². The minimum atomic E-state index is -3.60. The Bertz CT molecular complexity index is 992. The van der Waals surface area contributed by atoms with Gasteiger partial charge in [0, 0.05) is 33.6 Å². The zero-order valence-corrected chi connectivity index (χ0v) is 20.1. The number of benzene rings is 2. The van der Waals surface area contributed by atoms with Crippen LogP contribution in [0.4, 0.5) is 0 Å². The maximum atomic E-state index is 13.1. The molecule has 1 atom stereocenters. The minimum absolute atomic E-state index is 0.147. The van der Waals surface area contributed by atoms with Crippen molar-refractivity contribution in [2.45, 2.75) is 50.6 Å². The molecule has 0 saturated carbocycles. The summed E-state index contributed by atoms with van der Waals surface area (Å²) in [6.07, 6.45) is 0.990. The maximum Gasteiger partial charge on any atom is 0.242 e. The van der Waals surface area contributed by atoms with Crippen LogP contribution in [0.1, 0.15) is 37.3 Å². The molecule has 1 unspecified atom stereocenters. The van der Waals surface area contributed by atoms with Gasteiger partial charge >= 0.3 is 0 Å².